The van der Waals surface area contributed by atoms with Crippen LogP contribution in [0.25, 0.3) is 22.6 Å². The highest BCUT2D eigenvalue weighted by Crippen LogP contribution is 2.30. The summed E-state index contributed by atoms with van der Waals surface area (Å²) in [5.74, 6) is 0.729. The van der Waals surface area contributed by atoms with Crippen molar-refractivity contribution in [1.29, 1.82) is 0 Å². The second kappa shape index (κ2) is 7.89. The van der Waals surface area contributed by atoms with Gasteiger partial charge in [0.05, 0.1) is 18.4 Å². The Balaban J connectivity index is 1.51. The van der Waals surface area contributed by atoms with Crippen LogP contribution in [0.4, 0.5) is 5.13 Å². The van der Waals surface area contributed by atoms with E-state index in [1.165, 1.54) is 22.5 Å². The lowest BCUT2D eigenvalue weighted by atomic mass is 10.1. The maximum absolute atomic E-state index is 12.6. The maximum Gasteiger partial charge on any atom is 0.279 e. The first-order chi connectivity index (χ1) is 14.0. The number of amides is 1. The molecule has 0 saturated carbocycles. The van der Waals surface area contributed by atoms with Gasteiger partial charge in [0.25, 0.3) is 5.91 Å². The number of ether oxygens (including phenoxy) is 1. The molecule has 0 aliphatic rings. The summed E-state index contributed by atoms with van der Waals surface area (Å²) in [6, 6.07) is 15.2. The Morgan fingerprint density at radius 2 is 1.93 bits per heavy atom. The first kappa shape index (κ1) is 18.9. The molecule has 0 unspecified atom stereocenters. The molecule has 0 bridgehead atoms. The molecule has 2 aromatic carbocycles. The number of carbonyl (C=O) groups excluding carboxylic acids is 1. The minimum Gasteiger partial charge on any atom is -0.496 e. The number of hydrogen-bond donors (Lipinski definition) is 1. The molecule has 0 aliphatic heterocycles. The number of benzene rings is 2. The van der Waals surface area contributed by atoms with Crippen molar-refractivity contribution in [2.24, 2.45) is 0 Å². The summed E-state index contributed by atoms with van der Waals surface area (Å²) in [4.78, 5) is 17.1. The standard InChI is InChI=1S/C22H19N3O3S/c1-13-8-9-15(10-14(13)2)18-12-29-22(23-18)24-21(26)17-11-20(28-25-17)16-6-4-5-7-19(16)27-3/h4-12H,1-3H3,(H,23,24,26). The highest BCUT2D eigenvalue weighted by Gasteiger charge is 2.17. The normalized spacial score (nSPS) is 10.7. The largest absolute Gasteiger partial charge is 0.496 e. The van der Waals surface area contributed by atoms with E-state index < -0.39 is 0 Å². The predicted octanol–water partition coefficient (Wildman–Crippen LogP) is 5.34. The van der Waals surface area contributed by atoms with E-state index >= 15 is 0 Å². The van der Waals surface area contributed by atoms with Crippen LogP contribution in [0, 0.1) is 13.8 Å². The van der Waals surface area contributed by atoms with Crippen molar-refractivity contribution in [2.45, 2.75) is 13.8 Å². The molecule has 0 spiro atoms. The second-order valence-corrected chi connectivity index (χ2v) is 7.43. The molecular formula is C22H19N3O3S. The molecule has 1 N–H and O–H groups in total. The lowest BCUT2D eigenvalue weighted by Gasteiger charge is -2.03. The Kier molecular flexibility index (Phi) is 5.14. The summed E-state index contributed by atoms with van der Waals surface area (Å²) >= 11 is 1.37. The summed E-state index contributed by atoms with van der Waals surface area (Å²) in [5, 5.41) is 9.09. The number of carbonyl (C=O) groups is 1. The molecule has 0 fully saturated rings. The zero-order valence-electron chi connectivity index (χ0n) is 16.2. The number of methoxy groups -OCH3 is 1. The fraction of sp³-hybridized carbons (Fsp3) is 0.136. The molecule has 0 radical (unpaired) electrons. The molecule has 6 nitrogen and oxygen atoms in total. The number of rotatable bonds is 5. The molecule has 1 amide bonds. The molecule has 146 valence electrons. The van der Waals surface area contributed by atoms with Gasteiger partial charge in [0, 0.05) is 17.0 Å². The van der Waals surface area contributed by atoms with Crippen LogP contribution in [0.1, 0.15) is 21.6 Å². The third-order valence-electron chi connectivity index (χ3n) is 4.64. The summed E-state index contributed by atoms with van der Waals surface area (Å²) < 4.78 is 10.7. The Morgan fingerprint density at radius 1 is 1.10 bits per heavy atom. The van der Waals surface area contributed by atoms with Gasteiger partial charge in [-0.25, -0.2) is 4.98 Å². The molecular weight excluding hydrogens is 386 g/mol. The molecule has 7 heteroatoms. The molecule has 0 atom stereocenters. The van der Waals surface area contributed by atoms with E-state index in [0.717, 1.165) is 16.8 Å². The van der Waals surface area contributed by atoms with E-state index in [1.807, 2.05) is 35.7 Å². The Labute approximate surface area is 172 Å². The van der Waals surface area contributed by atoms with Crippen molar-refractivity contribution in [3.05, 3.63) is 70.7 Å². The second-order valence-electron chi connectivity index (χ2n) is 6.57. The van der Waals surface area contributed by atoms with E-state index in [1.54, 1.807) is 13.2 Å². The number of aryl methyl sites for hydroxylation is 2. The van der Waals surface area contributed by atoms with Gasteiger partial charge in [0.1, 0.15) is 5.75 Å². The summed E-state index contributed by atoms with van der Waals surface area (Å²) in [7, 11) is 1.58. The van der Waals surface area contributed by atoms with Crippen molar-refractivity contribution < 1.29 is 14.1 Å². The number of nitrogens with zero attached hydrogens (tertiary/aromatic N) is 2. The molecule has 0 aliphatic carbocycles. The molecule has 4 rings (SSSR count). The first-order valence-electron chi connectivity index (χ1n) is 9.00. The quantitative estimate of drug-likeness (QED) is 0.485. The van der Waals surface area contributed by atoms with Gasteiger partial charge in [-0.15, -0.1) is 11.3 Å². The monoisotopic (exact) mass is 405 g/mol. The zero-order chi connectivity index (χ0) is 20.4. The van der Waals surface area contributed by atoms with Gasteiger partial charge in [0.15, 0.2) is 16.6 Å². The number of nitrogens with one attached hydrogen (secondary N) is 1. The van der Waals surface area contributed by atoms with Crippen LogP contribution < -0.4 is 10.1 Å². The Hall–Kier alpha value is -3.45. The Morgan fingerprint density at radius 3 is 2.72 bits per heavy atom. The third-order valence-corrected chi connectivity index (χ3v) is 5.40. The average Bonchev–Trinajstić information content (AvgIpc) is 3.40. The van der Waals surface area contributed by atoms with Gasteiger partial charge >= 0.3 is 0 Å². The molecule has 29 heavy (non-hydrogen) atoms. The fourth-order valence-corrected chi connectivity index (χ4v) is 3.60. The van der Waals surface area contributed by atoms with Crippen molar-refractivity contribution in [2.75, 3.05) is 12.4 Å². The lowest BCUT2D eigenvalue weighted by Crippen LogP contribution is -2.11. The SMILES string of the molecule is COc1ccccc1-c1cc(C(=O)Nc2nc(-c3ccc(C)c(C)c3)cs2)no1. The highest BCUT2D eigenvalue weighted by atomic mass is 32.1. The number of aromatic nitrogens is 2. The molecule has 0 saturated heterocycles. The van der Waals surface area contributed by atoms with Crippen molar-refractivity contribution >= 4 is 22.4 Å². The van der Waals surface area contributed by atoms with Crippen LogP contribution in [0.15, 0.2) is 58.4 Å². The molecule has 2 aromatic heterocycles. The lowest BCUT2D eigenvalue weighted by molar-refractivity contribution is 0.101. The number of para-hydroxylation sites is 1. The summed E-state index contributed by atoms with van der Waals surface area (Å²) in [6.45, 7) is 4.14. The Bertz CT molecular complexity index is 1180. The van der Waals surface area contributed by atoms with Gasteiger partial charge in [-0.05, 0) is 43.2 Å². The van der Waals surface area contributed by atoms with Crippen LogP contribution in [0.5, 0.6) is 5.75 Å². The predicted molar refractivity (Wildman–Crippen MR) is 113 cm³/mol. The van der Waals surface area contributed by atoms with Gasteiger partial charge in [-0.1, -0.05) is 29.4 Å². The van der Waals surface area contributed by atoms with E-state index in [-0.39, 0.29) is 11.6 Å². The molecule has 2 heterocycles. The van der Waals surface area contributed by atoms with Gasteiger partial charge in [0.2, 0.25) is 0 Å². The number of hydrogen-bond acceptors (Lipinski definition) is 6. The van der Waals surface area contributed by atoms with Gasteiger partial charge < -0.3 is 9.26 Å². The summed E-state index contributed by atoms with van der Waals surface area (Å²) in [5.41, 5.74) is 5.18. The zero-order valence-corrected chi connectivity index (χ0v) is 17.0. The smallest absolute Gasteiger partial charge is 0.279 e. The average molecular weight is 405 g/mol. The topological polar surface area (TPSA) is 77.2 Å². The summed E-state index contributed by atoms with van der Waals surface area (Å²) in [6.07, 6.45) is 0. The van der Waals surface area contributed by atoms with Crippen molar-refractivity contribution in [1.82, 2.24) is 10.1 Å². The third kappa shape index (κ3) is 3.90. The van der Waals surface area contributed by atoms with Crippen LogP contribution >= 0.6 is 11.3 Å². The minimum atomic E-state index is -0.379. The van der Waals surface area contributed by atoms with Crippen LogP contribution in [-0.4, -0.2) is 23.2 Å². The highest BCUT2D eigenvalue weighted by molar-refractivity contribution is 7.14. The van der Waals surface area contributed by atoms with Crippen LogP contribution in [-0.2, 0) is 0 Å². The van der Waals surface area contributed by atoms with Crippen molar-refractivity contribution in [3.63, 3.8) is 0 Å². The van der Waals surface area contributed by atoms with E-state index in [0.29, 0.717) is 16.6 Å². The maximum atomic E-state index is 12.6. The van der Waals surface area contributed by atoms with Crippen LogP contribution in [0.2, 0.25) is 0 Å². The van der Waals surface area contributed by atoms with Crippen molar-refractivity contribution in [3.8, 4) is 28.3 Å². The van der Waals surface area contributed by atoms with E-state index in [4.69, 9.17) is 9.26 Å². The van der Waals surface area contributed by atoms with Gasteiger partial charge in [-0.3, -0.25) is 10.1 Å². The minimum absolute atomic E-state index is 0.175. The fourth-order valence-electron chi connectivity index (χ4n) is 2.88. The van der Waals surface area contributed by atoms with Gasteiger partial charge in [-0.2, -0.15) is 0 Å². The van der Waals surface area contributed by atoms with E-state index in [2.05, 4.69) is 41.4 Å². The molecule has 4 aromatic rings. The number of anilines is 1. The first-order valence-corrected chi connectivity index (χ1v) is 9.87. The van der Waals surface area contributed by atoms with Crippen LogP contribution in [0.3, 0.4) is 0 Å². The number of thiazole rings is 1. The van der Waals surface area contributed by atoms with E-state index in [9.17, 15) is 4.79 Å².